The van der Waals surface area contributed by atoms with Crippen LogP contribution in [0.2, 0.25) is 0 Å². The molecular formula is C28H25N7. The van der Waals surface area contributed by atoms with E-state index in [1.54, 1.807) is 0 Å². The Balaban J connectivity index is 1.57. The third-order valence-corrected chi connectivity index (χ3v) is 6.34. The SMILES string of the molecule is CC(C)n1cnc(-c2nnc3c4cc(-c5ccccc5)c(-c5ccc(CN)cc5)nc4ccn23)c1. The van der Waals surface area contributed by atoms with Gasteiger partial charge in [-0.1, -0.05) is 54.6 Å². The fraction of sp³-hybridized carbons (Fsp3) is 0.143. The molecule has 0 bridgehead atoms. The number of hydrogen-bond donors (Lipinski definition) is 1. The molecule has 4 aromatic heterocycles. The zero-order valence-electron chi connectivity index (χ0n) is 19.6. The lowest BCUT2D eigenvalue weighted by molar-refractivity contribution is 0.600. The van der Waals surface area contributed by atoms with E-state index >= 15 is 0 Å². The van der Waals surface area contributed by atoms with E-state index in [1.165, 1.54) is 0 Å². The molecule has 4 heterocycles. The molecule has 0 amide bonds. The molecule has 172 valence electrons. The highest BCUT2D eigenvalue weighted by Crippen LogP contribution is 2.35. The van der Waals surface area contributed by atoms with Crippen LogP contribution in [0.4, 0.5) is 0 Å². The van der Waals surface area contributed by atoms with E-state index in [2.05, 4.69) is 76.1 Å². The van der Waals surface area contributed by atoms with E-state index in [0.29, 0.717) is 18.4 Å². The Bertz CT molecular complexity index is 1640. The average Bonchev–Trinajstić information content (AvgIpc) is 3.56. The summed E-state index contributed by atoms with van der Waals surface area (Å²) in [7, 11) is 0. The molecular weight excluding hydrogens is 434 g/mol. The lowest BCUT2D eigenvalue weighted by Gasteiger charge is -2.12. The summed E-state index contributed by atoms with van der Waals surface area (Å²) < 4.78 is 4.05. The van der Waals surface area contributed by atoms with Crippen LogP contribution in [0.3, 0.4) is 0 Å². The molecule has 6 aromatic rings. The van der Waals surface area contributed by atoms with Crippen molar-refractivity contribution < 1.29 is 0 Å². The number of imidazole rings is 1. The van der Waals surface area contributed by atoms with Crippen LogP contribution in [0.1, 0.15) is 25.5 Å². The average molecular weight is 460 g/mol. The first-order chi connectivity index (χ1) is 17.1. The quantitative estimate of drug-likeness (QED) is 0.367. The smallest absolute Gasteiger partial charge is 0.188 e. The van der Waals surface area contributed by atoms with Crippen molar-refractivity contribution in [1.29, 1.82) is 0 Å². The number of nitrogens with two attached hydrogens (primary N) is 1. The number of nitrogens with zero attached hydrogens (tertiary/aromatic N) is 6. The number of aromatic nitrogens is 6. The second kappa shape index (κ2) is 8.45. The molecule has 7 heteroatoms. The van der Waals surface area contributed by atoms with Crippen LogP contribution in [0, 0.1) is 0 Å². The molecule has 0 spiro atoms. The number of benzene rings is 2. The van der Waals surface area contributed by atoms with Crippen LogP contribution >= 0.6 is 0 Å². The van der Waals surface area contributed by atoms with Crippen molar-refractivity contribution >= 4 is 16.6 Å². The third kappa shape index (κ3) is 3.66. The van der Waals surface area contributed by atoms with E-state index in [0.717, 1.165) is 50.2 Å². The van der Waals surface area contributed by atoms with Gasteiger partial charge in [-0.2, -0.15) is 0 Å². The molecule has 0 saturated carbocycles. The number of rotatable bonds is 5. The normalized spacial score (nSPS) is 11.7. The molecule has 0 aliphatic rings. The summed E-state index contributed by atoms with van der Waals surface area (Å²) in [4.78, 5) is 9.66. The predicted octanol–water partition coefficient (Wildman–Crippen LogP) is 5.51. The van der Waals surface area contributed by atoms with Gasteiger partial charge in [-0.3, -0.25) is 4.40 Å². The summed E-state index contributed by atoms with van der Waals surface area (Å²) in [6, 6.07) is 23.1. The minimum atomic E-state index is 0.325. The largest absolute Gasteiger partial charge is 0.334 e. The Morgan fingerprint density at radius 1 is 0.914 bits per heavy atom. The molecule has 0 saturated heterocycles. The van der Waals surface area contributed by atoms with Crippen molar-refractivity contribution in [2.24, 2.45) is 5.73 Å². The van der Waals surface area contributed by atoms with Gasteiger partial charge >= 0.3 is 0 Å². The van der Waals surface area contributed by atoms with E-state index in [1.807, 2.05) is 47.4 Å². The fourth-order valence-electron chi connectivity index (χ4n) is 4.36. The summed E-state index contributed by atoms with van der Waals surface area (Å²) in [5.41, 5.74) is 13.4. The second-order valence-corrected chi connectivity index (χ2v) is 8.92. The second-order valence-electron chi connectivity index (χ2n) is 8.92. The van der Waals surface area contributed by atoms with Crippen molar-refractivity contribution in [2.45, 2.75) is 26.4 Å². The van der Waals surface area contributed by atoms with Gasteiger partial charge in [0.25, 0.3) is 0 Å². The molecule has 2 N–H and O–H groups in total. The topological polar surface area (TPSA) is 86.9 Å². The molecule has 7 nitrogen and oxygen atoms in total. The van der Waals surface area contributed by atoms with Gasteiger partial charge in [0.1, 0.15) is 5.69 Å². The number of pyridine rings is 2. The summed E-state index contributed by atoms with van der Waals surface area (Å²) in [6.45, 7) is 4.76. The minimum Gasteiger partial charge on any atom is -0.334 e. The molecule has 0 radical (unpaired) electrons. The Hall–Kier alpha value is -4.36. The van der Waals surface area contributed by atoms with E-state index in [9.17, 15) is 0 Å². The van der Waals surface area contributed by atoms with Gasteiger partial charge in [0, 0.05) is 41.5 Å². The number of fused-ring (bicyclic) bond motifs is 3. The summed E-state index contributed by atoms with van der Waals surface area (Å²) in [6.07, 6.45) is 5.81. The van der Waals surface area contributed by atoms with Crippen molar-refractivity contribution in [1.82, 2.24) is 29.1 Å². The standard InChI is InChI=1S/C28H25N7/c1-18(2)34-16-25(30-17-34)28-33-32-27-23-14-22(20-6-4-3-5-7-20)26(31-24(23)12-13-35(27)28)21-10-8-19(15-29)9-11-21/h3-14,16-18H,15,29H2,1-2H3. The first-order valence-electron chi connectivity index (χ1n) is 11.7. The van der Waals surface area contributed by atoms with Crippen molar-refractivity contribution in [3.63, 3.8) is 0 Å². The highest BCUT2D eigenvalue weighted by Gasteiger charge is 2.17. The zero-order valence-corrected chi connectivity index (χ0v) is 19.6. The maximum atomic E-state index is 5.81. The molecule has 2 aromatic carbocycles. The van der Waals surface area contributed by atoms with E-state index < -0.39 is 0 Å². The number of hydrogen-bond acceptors (Lipinski definition) is 5. The zero-order chi connectivity index (χ0) is 23.9. The van der Waals surface area contributed by atoms with Crippen LogP contribution in [-0.4, -0.2) is 29.1 Å². The van der Waals surface area contributed by atoms with Crippen molar-refractivity contribution in [2.75, 3.05) is 0 Å². The Kier molecular flexibility index (Phi) is 5.12. The van der Waals surface area contributed by atoms with Crippen LogP contribution in [0.15, 0.2) is 85.5 Å². The summed E-state index contributed by atoms with van der Waals surface area (Å²) in [5, 5.41) is 9.98. The maximum absolute atomic E-state index is 5.81. The Morgan fingerprint density at radius 3 is 2.43 bits per heavy atom. The molecule has 0 aliphatic carbocycles. The Morgan fingerprint density at radius 2 is 1.71 bits per heavy atom. The van der Waals surface area contributed by atoms with Crippen molar-refractivity contribution in [3.05, 3.63) is 91.0 Å². The van der Waals surface area contributed by atoms with Gasteiger partial charge in [0.2, 0.25) is 0 Å². The predicted molar refractivity (Wildman–Crippen MR) is 139 cm³/mol. The lowest BCUT2D eigenvalue weighted by atomic mass is 9.97. The molecule has 0 aliphatic heterocycles. The van der Waals surface area contributed by atoms with Gasteiger partial charge < -0.3 is 10.3 Å². The highest BCUT2D eigenvalue weighted by molar-refractivity contribution is 5.98. The van der Waals surface area contributed by atoms with E-state index in [-0.39, 0.29) is 0 Å². The minimum absolute atomic E-state index is 0.325. The third-order valence-electron chi connectivity index (χ3n) is 6.34. The summed E-state index contributed by atoms with van der Waals surface area (Å²) in [5.74, 6) is 0.712. The fourth-order valence-corrected chi connectivity index (χ4v) is 4.36. The van der Waals surface area contributed by atoms with Crippen LogP contribution in [0.25, 0.3) is 50.5 Å². The van der Waals surface area contributed by atoms with Crippen LogP contribution in [0.5, 0.6) is 0 Å². The van der Waals surface area contributed by atoms with Gasteiger partial charge in [0.15, 0.2) is 11.5 Å². The van der Waals surface area contributed by atoms with Gasteiger partial charge in [-0.15, -0.1) is 10.2 Å². The summed E-state index contributed by atoms with van der Waals surface area (Å²) >= 11 is 0. The maximum Gasteiger partial charge on any atom is 0.188 e. The van der Waals surface area contributed by atoms with Crippen LogP contribution < -0.4 is 5.73 Å². The Labute approximate surface area is 202 Å². The van der Waals surface area contributed by atoms with Crippen LogP contribution in [-0.2, 0) is 6.54 Å². The molecule has 6 rings (SSSR count). The van der Waals surface area contributed by atoms with E-state index in [4.69, 9.17) is 10.7 Å². The van der Waals surface area contributed by atoms with Gasteiger partial charge in [-0.05, 0) is 37.1 Å². The van der Waals surface area contributed by atoms with Gasteiger partial charge in [-0.25, -0.2) is 9.97 Å². The molecule has 0 atom stereocenters. The lowest BCUT2D eigenvalue weighted by Crippen LogP contribution is -1.97. The molecule has 35 heavy (non-hydrogen) atoms. The first kappa shape index (κ1) is 21.2. The van der Waals surface area contributed by atoms with Gasteiger partial charge in [0.05, 0.1) is 17.5 Å². The van der Waals surface area contributed by atoms with Crippen molar-refractivity contribution in [3.8, 4) is 33.9 Å². The first-order valence-corrected chi connectivity index (χ1v) is 11.7. The molecule has 0 fully saturated rings. The molecule has 0 unspecified atom stereocenters. The highest BCUT2D eigenvalue weighted by atomic mass is 15.3. The monoisotopic (exact) mass is 459 g/mol.